The Hall–Kier alpha value is -1.61. The minimum absolute atomic E-state index is 0.863. The summed E-state index contributed by atoms with van der Waals surface area (Å²) in [5.74, 6) is 0. The Bertz CT molecular complexity index is 529. The van der Waals surface area contributed by atoms with E-state index < -0.39 is 0 Å². The Morgan fingerprint density at radius 3 is 2.63 bits per heavy atom. The fourth-order valence-electron chi connectivity index (χ4n) is 2.35. The van der Waals surface area contributed by atoms with Gasteiger partial charge in [0, 0.05) is 17.8 Å². The molecule has 0 aliphatic carbocycles. The van der Waals surface area contributed by atoms with E-state index in [0.717, 1.165) is 26.1 Å². The third-order valence-electron chi connectivity index (χ3n) is 3.52. The van der Waals surface area contributed by atoms with Crippen LogP contribution in [-0.2, 0) is 19.5 Å². The monoisotopic (exact) mass is 257 g/mol. The molecule has 0 saturated heterocycles. The van der Waals surface area contributed by atoms with Gasteiger partial charge in [0.15, 0.2) is 0 Å². The molecule has 2 rings (SSSR count). The summed E-state index contributed by atoms with van der Waals surface area (Å²) in [5.41, 5.74) is 5.32. The largest absolute Gasteiger partial charge is 0.313 e. The van der Waals surface area contributed by atoms with Crippen molar-refractivity contribution in [1.82, 2.24) is 15.1 Å². The molecular formula is C16H23N3. The van der Waals surface area contributed by atoms with Gasteiger partial charge in [-0.25, -0.2) is 0 Å². The molecule has 1 aromatic carbocycles. The van der Waals surface area contributed by atoms with E-state index in [4.69, 9.17) is 0 Å². The van der Waals surface area contributed by atoms with Gasteiger partial charge < -0.3 is 5.32 Å². The van der Waals surface area contributed by atoms with Gasteiger partial charge in [-0.2, -0.15) is 5.10 Å². The van der Waals surface area contributed by atoms with Crippen LogP contribution in [0.5, 0.6) is 0 Å². The minimum Gasteiger partial charge on any atom is -0.313 e. The van der Waals surface area contributed by atoms with Crippen LogP contribution in [-0.4, -0.2) is 16.3 Å². The van der Waals surface area contributed by atoms with Crippen LogP contribution in [0.2, 0.25) is 0 Å². The van der Waals surface area contributed by atoms with Crippen molar-refractivity contribution in [2.75, 3.05) is 6.54 Å². The van der Waals surface area contributed by atoms with Crippen LogP contribution in [0.15, 0.2) is 30.5 Å². The number of rotatable bonds is 6. The maximum atomic E-state index is 4.55. The quantitative estimate of drug-likeness (QED) is 0.862. The maximum absolute atomic E-state index is 4.55. The van der Waals surface area contributed by atoms with Crippen molar-refractivity contribution >= 4 is 0 Å². The molecule has 0 fully saturated rings. The second kappa shape index (κ2) is 6.53. The Labute approximate surface area is 115 Å². The number of aromatic nitrogens is 2. The molecule has 2 aromatic rings. The smallest absolute Gasteiger partial charge is 0.0665 e. The first-order chi connectivity index (χ1) is 9.26. The number of benzene rings is 1. The Balaban J connectivity index is 2.21. The third-order valence-corrected chi connectivity index (χ3v) is 3.52. The molecule has 0 spiro atoms. The summed E-state index contributed by atoms with van der Waals surface area (Å²) in [6, 6.07) is 8.51. The molecule has 3 heteroatoms. The molecule has 0 atom stereocenters. The zero-order valence-electron chi connectivity index (χ0n) is 12.1. The van der Waals surface area contributed by atoms with Crippen molar-refractivity contribution in [3.8, 4) is 0 Å². The maximum Gasteiger partial charge on any atom is 0.0665 e. The Morgan fingerprint density at radius 2 is 1.95 bits per heavy atom. The second-order valence-electron chi connectivity index (χ2n) is 4.83. The molecule has 3 nitrogen and oxygen atoms in total. The van der Waals surface area contributed by atoms with Crippen molar-refractivity contribution in [2.45, 2.75) is 40.3 Å². The molecule has 1 aromatic heterocycles. The fourth-order valence-corrected chi connectivity index (χ4v) is 2.35. The second-order valence-corrected chi connectivity index (χ2v) is 4.83. The normalized spacial score (nSPS) is 10.9. The lowest BCUT2D eigenvalue weighted by Crippen LogP contribution is -2.14. The number of hydrogen-bond acceptors (Lipinski definition) is 2. The number of nitrogens with zero attached hydrogens (tertiary/aromatic N) is 2. The Kier molecular flexibility index (Phi) is 4.74. The van der Waals surface area contributed by atoms with Gasteiger partial charge in [0.1, 0.15) is 0 Å². The number of nitrogens with one attached hydrogen (secondary N) is 1. The average molecular weight is 257 g/mol. The van der Waals surface area contributed by atoms with Gasteiger partial charge in [0.05, 0.1) is 12.7 Å². The molecule has 0 bridgehead atoms. The summed E-state index contributed by atoms with van der Waals surface area (Å²) in [7, 11) is 0. The lowest BCUT2D eigenvalue weighted by atomic mass is 10.1. The zero-order chi connectivity index (χ0) is 13.7. The van der Waals surface area contributed by atoms with Crippen LogP contribution < -0.4 is 5.32 Å². The topological polar surface area (TPSA) is 29.9 Å². The molecule has 102 valence electrons. The Morgan fingerprint density at radius 1 is 1.16 bits per heavy atom. The van der Waals surface area contributed by atoms with Crippen molar-refractivity contribution in [1.29, 1.82) is 0 Å². The number of aryl methyl sites for hydroxylation is 1. The molecule has 0 aliphatic heterocycles. The van der Waals surface area contributed by atoms with Crippen molar-refractivity contribution < 1.29 is 0 Å². The van der Waals surface area contributed by atoms with Crippen LogP contribution >= 0.6 is 0 Å². The van der Waals surface area contributed by atoms with Crippen LogP contribution in [0.3, 0.4) is 0 Å². The zero-order valence-corrected chi connectivity index (χ0v) is 12.1. The number of hydrogen-bond donors (Lipinski definition) is 1. The molecule has 0 amide bonds. The molecule has 1 N–H and O–H groups in total. The lowest BCUT2D eigenvalue weighted by Gasteiger charge is -2.10. The van der Waals surface area contributed by atoms with Crippen molar-refractivity contribution in [3.05, 3.63) is 52.8 Å². The molecule has 1 heterocycles. The van der Waals surface area contributed by atoms with Gasteiger partial charge in [-0.3, -0.25) is 4.68 Å². The van der Waals surface area contributed by atoms with E-state index in [1.54, 1.807) is 0 Å². The van der Waals surface area contributed by atoms with Crippen LogP contribution in [0.1, 0.15) is 36.2 Å². The van der Waals surface area contributed by atoms with E-state index in [9.17, 15) is 0 Å². The first-order valence-electron chi connectivity index (χ1n) is 7.05. The average Bonchev–Trinajstić information content (AvgIpc) is 2.81. The molecule has 0 radical (unpaired) electrons. The highest BCUT2D eigenvalue weighted by molar-refractivity contribution is 5.27. The summed E-state index contributed by atoms with van der Waals surface area (Å²) >= 11 is 0. The van der Waals surface area contributed by atoms with Gasteiger partial charge in [-0.1, -0.05) is 38.1 Å². The SMILES string of the molecule is CCNCc1cnn(Cc2ccccc2C)c1CC. The van der Waals surface area contributed by atoms with E-state index >= 15 is 0 Å². The summed E-state index contributed by atoms with van der Waals surface area (Å²) in [5, 5.41) is 7.93. The van der Waals surface area contributed by atoms with Gasteiger partial charge in [0.25, 0.3) is 0 Å². The first-order valence-corrected chi connectivity index (χ1v) is 7.05. The van der Waals surface area contributed by atoms with Gasteiger partial charge in [-0.05, 0) is 31.0 Å². The van der Waals surface area contributed by atoms with E-state index in [0.29, 0.717) is 0 Å². The molecule has 0 aliphatic rings. The summed E-state index contributed by atoms with van der Waals surface area (Å²) in [6.07, 6.45) is 3.02. The summed E-state index contributed by atoms with van der Waals surface area (Å²) in [4.78, 5) is 0. The van der Waals surface area contributed by atoms with E-state index in [1.165, 1.54) is 22.4 Å². The summed E-state index contributed by atoms with van der Waals surface area (Å²) < 4.78 is 2.13. The predicted molar refractivity (Wildman–Crippen MR) is 79.3 cm³/mol. The minimum atomic E-state index is 0.863. The highest BCUT2D eigenvalue weighted by Crippen LogP contribution is 2.14. The molecule has 19 heavy (non-hydrogen) atoms. The lowest BCUT2D eigenvalue weighted by molar-refractivity contribution is 0.640. The highest BCUT2D eigenvalue weighted by Gasteiger charge is 2.09. The van der Waals surface area contributed by atoms with E-state index in [2.05, 4.69) is 60.1 Å². The van der Waals surface area contributed by atoms with Gasteiger partial charge in [0.2, 0.25) is 0 Å². The first kappa shape index (κ1) is 13.8. The van der Waals surface area contributed by atoms with Crippen LogP contribution in [0.4, 0.5) is 0 Å². The highest BCUT2D eigenvalue weighted by atomic mass is 15.3. The van der Waals surface area contributed by atoms with E-state index in [1.807, 2.05) is 6.20 Å². The molecular weight excluding hydrogens is 234 g/mol. The summed E-state index contributed by atoms with van der Waals surface area (Å²) in [6.45, 7) is 9.25. The fraction of sp³-hybridized carbons (Fsp3) is 0.438. The standard InChI is InChI=1S/C16H23N3/c1-4-16-15(10-17-5-2)11-18-19(16)12-14-9-7-6-8-13(14)3/h6-9,11,17H,4-5,10,12H2,1-3H3. The van der Waals surface area contributed by atoms with E-state index in [-0.39, 0.29) is 0 Å². The predicted octanol–water partition coefficient (Wildman–Crippen LogP) is 2.91. The van der Waals surface area contributed by atoms with Gasteiger partial charge in [-0.15, -0.1) is 0 Å². The van der Waals surface area contributed by atoms with Crippen LogP contribution in [0, 0.1) is 6.92 Å². The molecule has 0 saturated carbocycles. The third kappa shape index (κ3) is 3.24. The van der Waals surface area contributed by atoms with Crippen LogP contribution in [0.25, 0.3) is 0 Å². The van der Waals surface area contributed by atoms with Crippen molar-refractivity contribution in [3.63, 3.8) is 0 Å². The van der Waals surface area contributed by atoms with Crippen molar-refractivity contribution in [2.24, 2.45) is 0 Å². The van der Waals surface area contributed by atoms with Gasteiger partial charge >= 0.3 is 0 Å². The molecule has 0 unspecified atom stereocenters.